The van der Waals surface area contributed by atoms with Crippen molar-refractivity contribution in [1.82, 2.24) is 9.47 Å². The van der Waals surface area contributed by atoms with Crippen LogP contribution < -0.4 is 0 Å². The molecule has 0 unspecified atom stereocenters. The fraction of sp³-hybridized carbons (Fsp3) is 0.643. The molecule has 2 heterocycles. The Labute approximate surface area is 109 Å². The van der Waals surface area contributed by atoms with E-state index in [1.807, 2.05) is 31.7 Å². The summed E-state index contributed by atoms with van der Waals surface area (Å²) in [7, 11) is 0. The van der Waals surface area contributed by atoms with E-state index in [4.69, 9.17) is 4.74 Å². The summed E-state index contributed by atoms with van der Waals surface area (Å²) in [4.78, 5) is 14.1. The van der Waals surface area contributed by atoms with Gasteiger partial charge < -0.3 is 14.2 Å². The minimum absolute atomic E-state index is 0.0359. The van der Waals surface area contributed by atoms with E-state index >= 15 is 0 Å². The minimum atomic E-state index is 0.0359. The smallest absolute Gasteiger partial charge is 0.225 e. The van der Waals surface area contributed by atoms with Crippen molar-refractivity contribution in [3.63, 3.8) is 0 Å². The molecular weight excluding hydrogens is 228 g/mol. The van der Waals surface area contributed by atoms with Gasteiger partial charge in [0.05, 0.1) is 19.2 Å². The number of amides is 1. The van der Waals surface area contributed by atoms with Crippen LogP contribution >= 0.6 is 0 Å². The number of hydrogen-bond donors (Lipinski definition) is 0. The number of nitrogens with zero attached hydrogens (tertiary/aromatic N) is 2. The van der Waals surface area contributed by atoms with Gasteiger partial charge in [-0.05, 0) is 19.1 Å². The molecule has 0 saturated heterocycles. The van der Waals surface area contributed by atoms with Crippen molar-refractivity contribution >= 4 is 5.91 Å². The van der Waals surface area contributed by atoms with Crippen molar-refractivity contribution in [3.8, 4) is 0 Å². The predicted molar refractivity (Wildman–Crippen MR) is 70.1 cm³/mol. The van der Waals surface area contributed by atoms with Gasteiger partial charge in [0, 0.05) is 31.0 Å². The van der Waals surface area contributed by atoms with Crippen molar-refractivity contribution in [2.45, 2.75) is 40.0 Å². The molecule has 0 bridgehead atoms. The van der Waals surface area contributed by atoms with E-state index in [2.05, 4.69) is 16.8 Å². The minimum Gasteiger partial charge on any atom is -0.375 e. The van der Waals surface area contributed by atoms with Gasteiger partial charge in [-0.2, -0.15) is 0 Å². The summed E-state index contributed by atoms with van der Waals surface area (Å²) in [5.74, 6) is 0.239. The van der Waals surface area contributed by atoms with Crippen LogP contribution in [0.1, 0.15) is 26.5 Å². The molecule has 0 aliphatic carbocycles. The number of hydrogen-bond acceptors (Lipinski definition) is 2. The molecule has 0 aromatic carbocycles. The van der Waals surface area contributed by atoms with Gasteiger partial charge in [0.2, 0.25) is 5.91 Å². The van der Waals surface area contributed by atoms with Crippen LogP contribution in [0.4, 0.5) is 0 Å². The molecule has 4 nitrogen and oxygen atoms in total. The lowest BCUT2D eigenvalue weighted by molar-refractivity contribution is -0.136. The van der Waals surface area contributed by atoms with Crippen LogP contribution in [0.5, 0.6) is 0 Å². The first-order valence-electron chi connectivity index (χ1n) is 6.66. The number of carbonyl (C=O) groups is 1. The monoisotopic (exact) mass is 250 g/mol. The van der Waals surface area contributed by atoms with Gasteiger partial charge in [0.25, 0.3) is 0 Å². The summed E-state index contributed by atoms with van der Waals surface area (Å²) < 4.78 is 7.92. The summed E-state index contributed by atoms with van der Waals surface area (Å²) in [6.07, 6.45) is 2.15. The van der Waals surface area contributed by atoms with E-state index < -0.39 is 0 Å². The molecule has 1 aliphatic rings. The van der Waals surface area contributed by atoms with Gasteiger partial charge in [0.15, 0.2) is 0 Å². The SMILES string of the molecule is CCO[C@@H]1CN(C(=O)C(C)C)Cc2cccn2C1. The van der Waals surface area contributed by atoms with E-state index in [-0.39, 0.29) is 17.9 Å². The lowest BCUT2D eigenvalue weighted by Crippen LogP contribution is -2.39. The number of ether oxygens (including phenoxy) is 1. The van der Waals surface area contributed by atoms with Gasteiger partial charge in [0.1, 0.15) is 0 Å². The Morgan fingerprint density at radius 1 is 1.50 bits per heavy atom. The standard InChI is InChI=1S/C14H22N2O2/c1-4-18-13-9-15-7-5-6-12(15)8-16(10-13)14(17)11(2)3/h5-7,11,13H,4,8-10H2,1-3H3/t13-/m0/s1. The molecule has 0 radical (unpaired) electrons. The maximum absolute atomic E-state index is 12.2. The molecule has 1 amide bonds. The Bertz CT molecular complexity index is 412. The van der Waals surface area contributed by atoms with Crippen molar-refractivity contribution in [2.75, 3.05) is 13.2 Å². The predicted octanol–water partition coefficient (Wildman–Crippen LogP) is 1.89. The number of carbonyl (C=O) groups excluding carboxylic acids is 1. The summed E-state index contributed by atoms with van der Waals surface area (Å²) >= 11 is 0. The molecular formula is C14H22N2O2. The van der Waals surface area contributed by atoms with Crippen LogP contribution in [0.15, 0.2) is 18.3 Å². The first-order chi connectivity index (χ1) is 8.61. The van der Waals surface area contributed by atoms with Crippen LogP contribution in [-0.2, 0) is 22.6 Å². The molecule has 18 heavy (non-hydrogen) atoms. The molecule has 1 aliphatic heterocycles. The quantitative estimate of drug-likeness (QED) is 0.821. The second-order valence-corrected chi connectivity index (χ2v) is 5.10. The van der Waals surface area contributed by atoms with Crippen molar-refractivity contribution in [1.29, 1.82) is 0 Å². The number of aromatic nitrogens is 1. The van der Waals surface area contributed by atoms with Gasteiger partial charge in [-0.25, -0.2) is 0 Å². The molecule has 1 aromatic rings. The Morgan fingerprint density at radius 3 is 2.94 bits per heavy atom. The van der Waals surface area contributed by atoms with Crippen LogP contribution in [0.2, 0.25) is 0 Å². The Kier molecular flexibility index (Phi) is 4.07. The molecule has 1 aromatic heterocycles. The van der Waals surface area contributed by atoms with Gasteiger partial charge in [-0.15, -0.1) is 0 Å². The Morgan fingerprint density at radius 2 is 2.28 bits per heavy atom. The molecule has 100 valence electrons. The molecule has 0 saturated carbocycles. The van der Waals surface area contributed by atoms with Gasteiger partial charge >= 0.3 is 0 Å². The Balaban J connectivity index is 2.19. The highest BCUT2D eigenvalue weighted by Crippen LogP contribution is 2.17. The zero-order valence-electron chi connectivity index (χ0n) is 11.4. The van der Waals surface area contributed by atoms with Crippen molar-refractivity contribution < 1.29 is 9.53 Å². The van der Waals surface area contributed by atoms with Crippen LogP contribution in [0, 0.1) is 5.92 Å². The molecule has 4 heteroatoms. The zero-order chi connectivity index (χ0) is 13.1. The van der Waals surface area contributed by atoms with E-state index in [1.54, 1.807) is 0 Å². The van der Waals surface area contributed by atoms with E-state index in [0.29, 0.717) is 19.7 Å². The third kappa shape index (κ3) is 2.75. The second-order valence-electron chi connectivity index (χ2n) is 5.10. The molecule has 0 spiro atoms. The summed E-state index contributed by atoms with van der Waals surface area (Å²) in [6.45, 7) is 8.78. The highest BCUT2D eigenvalue weighted by molar-refractivity contribution is 5.78. The third-order valence-corrected chi connectivity index (χ3v) is 3.31. The first-order valence-corrected chi connectivity index (χ1v) is 6.66. The van der Waals surface area contributed by atoms with Crippen LogP contribution in [0.25, 0.3) is 0 Å². The molecule has 0 N–H and O–H groups in total. The van der Waals surface area contributed by atoms with Crippen LogP contribution in [0.3, 0.4) is 0 Å². The third-order valence-electron chi connectivity index (χ3n) is 3.31. The lowest BCUT2D eigenvalue weighted by atomic mass is 10.1. The first kappa shape index (κ1) is 13.1. The highest BCUT2D eigenvalue weighted by atomic mass is 16.5. The van der Waals surface area contributed by atoms with Gasteiger partial charge in [-0.3, -0.25) is 4.79 Å². The summed E-state index contributed by atoms with van der Waals surface area (Å²) in [5, 5.41) is 0. The van der Waals surface area contributed by atoms with Crippen LogP contribution in [-0.4, -0.2) is 34.6 Å². The average molecular weight is 250 g/mol. The molecule has 1 atom stereocenters. The second kappa shape index (κ2) is 5.57. The largest absolute Gasteiger partial charge is 0.375 e. The van der Waals surface area contributed by atoms with Gasteiger partial charge in [-0.1, -0.05) is 13.8 Å². The normalized spacial score (nSPS) is 19.8. The lowest BCUT2D eigenvalue weighted by Gasteiger charge is -2.25. The van der Waals surface area contributed by atoms with E-state index in [1.165, 1.54) is 5.69 Å². The van der Waals surface area contributed by atoms with E-state index in [0.717, 1.165) is 6.54 Å². The fourth-order valence-electron chi connectivity index (χ4n) is 2.43. The maximum Gasteiger partial charge on any atom is 0.225 e. The molecule has 2 rings (SSSR count). The molecule has 0 fully saturated rings. The zero-order valence-corrected chi connectivity index (χ0v) is 11.4. The maximum atomic E-state index is 12.2. The number of fused-ring (bicyclic) bond motifs is 1. The highest BCUT2D eigenvalue weighted by Gasteiger charge is 2.26. The topological polar surface area (TPSA) is 34.5 Å². The average Bonchev–Trinajstić information content (AvgIpc) is 2.68. The summed E-state index contributed by atoms with van der Waals surface area (Å²) in [5.41, 5.74) is 1.19. The Hall–Kier alpha value is -1.29. The summed E-state index contributed by atoms with van der Waals surface area (Å²) in [6, 6.07) is 4.11. The fourth-order valence-corrected chi connectivity index (χ4v) is 2.43. The number of rotatable bonds is 3. The van der Waals surface area contributed by atoms with E-state index in [9.17, 15) is 4.79 Å². The van der Waals surface area contributed by atoms with Crippen molar-refractivity contribution in [3.05, 3.63) is 24.0 Å². The van der Waals surface area contributed by atoms with Crippen molar-refractivity contribution in [2.24, 2.45) is 5.92 Å².